The van der Waals surface area contributed by atoms with E-state index in [4.69, 9.17) is 22.4 Å². The Bertz CT molecular complexity index is 604. The number of nitrogens with zero attached hydrogens (tertiary/aromatic N) is 1. The molecule has 1 aromatic carbocycles. The van der Waals surface area contributed by atoms with Gasteiger partial charge in [0.05, 0.1) is 5.52 Å². The highest BCUT2D eigenvalue weighted by atomic mass is 35.5. The first-order valence-corrected chi connectivity index (χ1v) is 6.08. The summed E-state index contributed by atoms with van der Waals surface area (Å²) >= 11 is 5.99. The van der Waals surface area contributed by atoms with E-state index >= 15 is 0 Å². The zero-order valence-electron chi connectivity index (χ0n) is 10.2. The van der Waals surface area contributed by atoms with Crippen LogP contribution in [-0.4, -0.2) is 15.6 Å². The lowest BCUT2D eigenvalue weighted by Crippen LogP contribution is -2.20. The summed E-state index contributed by atoms with van der Waals surface area (Å²) in [6.45, 7) is 4.05. The number of fused-ring (bicyclic) bond motifs is 1. The molecule has 0 spiro atoms. The first-order valence-electron chi connectivity index (χ1n) is 5.70. The predicted octanol–water partition coefficient (Wildman–Crippen LogP) is 2.96. The van der Waals surface area contributed by atoms with E-state index in [2.05, 4.69) is 0 Å². The Hall–Kier alpha value is -1.52. The molecule has 0 saturated heterocycles. The minimum Gasteiger partial charge on any atom is -0.480 e. The third-order valence-corrected chi connectivity index (χ3v) is 3.22. The van der Waals surface area contributed by atoms with Crippen molar-refractivity contribution < 1.29 is 9.90 Å². The van der Waals surface area contributed by atoms with Crippen LogP contribution in [0.25, 0.3) is 10.9 Å². The Morgan fingerprint density at radius 1 is 1.44 bits per heavy atom. The Morgan fingerprint density at radius 2 is 2.11 bits per heavy atom. The van der Waals surface area contributed by atoms with Crippen LogP contribution < -0.4 is 5.73 Å². The SMILES string of the molecule is CC(C)n1cc(C(N)C(=O)O)c2ccc(Cl)cc21. The first-order chi connectivity index (χ1) is 8.41. The lowest BCUT2D eigenvalue weighted by atomic mass is 10.1. The second-order valence-electron chi connectivity index (χ2n) is 4.56. The maximum Gasteiger partial charge on any atom is 0.325 e. The van der Waals surface area contributed by atoms with Crippen molar-refractivity contribution in [2.24, 2.45) is 5.73 Å². The van der Waals surface area contributed by atoms with Gasteiger partial charge in [-0.05, 0) is 26.0 Å². The van der Waals surface area contributed by atoms with Crippen molar-refractivity contribution in [3.05, 3.63) is 35.0 Å². The molecule has 2 aromatic rings. The van der Waals surface area contributed by atoms with Crippen molar-refractivity contribution in [2.45, 2.75) is 25.9 Å². The average molecular weight is 267 g/mol. The van der Waals surface area contributed by atoms with Gasteiger partial charge in [-0.2, -0.15) is 0 Å². The number of nitrogens with two attached hydrogens (primary N) is 1. The second kappa shape index (κ2) is 4.63. The van der Waals surface area contributed by atoms with Gasteiger partial charge >= 0.3 is 5.97 Å². The Kier molecular flexibility index (Phi) is 3.32. The van der Waals surface area contributed by atoms with E-state index in [0.29, 0.717) is 10.6 Å². The fraction of sp³-hybridized carbons (Fsp3) is 0.308. The molecule has 0 saturated carbocycles. The Morgan fingerprint density at radius 3 is 2.67 bits per heavy atom. The summed E-state index contributed by atoms with van der Waals surface area (Å²) in [5.41, 5.74) is 7.23. The number of hydrogen-bond donors (Lipinski definition) is 2. The molecule has 0 amide bonds. The van der Waals surface area contributed by atoms with E-state index in [-0.39, 0.29) is 6.04 Å². The molecule has 0 aliphatic heterocycles. The maximum absolute atomic E-state index is 11.0. The van der Waals surface area contributed by atoms with Gasteiger partial charge in [-0.3, -0.25) is 4.79 Å². The van der Waals surface area contributed by atoms with Gasteiger partial charge in [0.2, 0.25) is 0 Å². The van der Waals surface area contributed by atoms with Crippen LogP contribution in [0.4, 0.5) is 0 Å². The van der Waals surface area contributed by atoms with Crippen LogP contribution >= 0.6 is 11.6 Å². The molecule has 0 radical (unpaired) electrons. The third kappa shape index (κ3) is 2.09. The molecular formula is C13H15ClN2O2. The molecule has 1 heterocycles. The fourth-order valence-electron chi connectivity index (χ4n) is 2.06. The van der Waals surface area contributed by atoms with Crippen LogP contribution in [0, 0.1) is 0 Å². The first kappa shape index (κ1) is 12.9. The van der Waals surface area contributed by atoms with E-state index in [1.54, 1.807) is 12.3 Å². The molecular weight excluding hydrogens is 252 g/mol. The van der Waals surface area contributed by atoms with Crippen molar-refractivity contribution in [2.75, 3.05) is 0 Å². The number of carbonyl (C=O) groups is 1. The molecule has 2 rings (SSSR count). The van der Waals surface area contributed by atoms with E-state index in [0.717, 1.165) is 10.9 Å². The standard InChI is InChI=1S/C13H15ClN2O2/c1-7(2)16-6-10(12(15)13(17)18)9-4-3-8(14)5-11(9)16/h3-7,12H,15H2,1-2H3,(H,17,18). The highest BCUT2D eigenvalue weighted by molar-refractivity contribution is 6.31. The van der Waals surface area contributed by atoms with Crippen LogP contribution in [0.5, 0.6) is 0 Å². The average Bonchev–Trinajstić information content (AvgIpc) is 2.66. The molecule has 1 aromatic heterocycles. The zero-order chi connectivity index (χ0) is 13.4. The molecule has 0 aliphatic carbocycles. The quantitative estimate of drug-likeness (QED) is 0.897. The van der Waals surface area contributed by atoms with Crippen LogP contribution in [-0.2, 0) is 4.79 Å². The van der Waals surface area contributed by atoms with Crippen molar-refractivity contribution in [3.63, 3.8) is 0 Å². The van der Waals surface area contributed by atoms with Crippen LogP contribution in [0.3, 0.4) is 0 Å². The second-order valence-corrected chi connectivity index (χ2v) is 5.00. The van der Waals surface area contributed by atoms with Crippen molar-refractivity contribution in [1.82, 2.24) is 4.57 Å². The summed E-state index contributed by atoms with van der Waals surface area (Å²) in [4.78, 5) is 11.0. The fourth-order valence-corrected chi connectivity index (χ4v) is 2.23. The predicted molar refractivity (Wildman–Crippen MR) is 71.9 cm³/mol. The van der Waals surface area contributed by atoms with E-state index in [1.807, 2.05) is 30.5 Å². The van der Waals surface area contributed by atoms with Gasteiger partial charge in [0.25, 0.3) is 0 Å². The van der Waals surface area contributed by atoms with E-state index in [9.17, 15) is 4.79 Å². The lowest BCUT2D eigenvalue weighted by Gasteiger charge is -2.08. The maximum atomic E-state index is 11.0. The summed E-state index contributed by atoms with van der Waals surface area (Å²) in [5, 5.41) is 10.5. The molecule has 0 fully saturated rings. The van der Waals surface area contributed by atoms with E-state index < -0.39 is 12.0 Å². The Balaban J connectivity index is 2.72. The van der Waals surface area contributed by atoms with Crippen molar-refractivity contribution in [1.29, 1.82) is 0 Å². The molecule has 0 bridgehead atoms. The minimum atomic E-state index is -1.03. The molecule has 96 valence electrons. The van der Waals surface area contributed by atoms with Gasteiger partial charge in [-0.15, -0.1) is 0 Å². The van der Waals surface area contributed by atoms with Gasteiger partial charge in [-0.1, -0.05) is 17.7 Å². The summed E-state index contributed by atoms with van der Waals surface area (Å²) in [6, 6.07) is 4.57. The number of benzene rings is 1. The van der Waals surface area contributed by atoms with Crippen molar-refractivity contribution >= 4 is 28.5 Å². The lowest BCUT2D eigenvalue weighted by molar-refractivity contribution is -0.138. The zero-order valence-corrected chi connectivity index (χ0v) is 11.0. The van der Waals surface area contributed by atoms with Gasteiger partial charge in [-0.25, -0.2) is 0 Å². The number of carboxylic acid groups (broad SMARTS) is 1. The number of aromatic nitrogens is 1. The summed E-state index contributed by atoms with van der Waals surface area (Å²) in [6.07, 6.45) is 1.80. The largest absolute Gasteiger partial charge is 0.480 e. The number of carboxylic acids is 1. The molecule has 1 unspecified atom stereocenters. The van der Waals surface area contributed by atoms with Gasteiger partial charge < -0.3 is 15.4 Å². The van der Waals surface area contributed by atoms with Crippen LogP contribution in [0.1, 0.15) is 31.5 Å². The summed E-state index contributed by atoms with van der Waals surface area (Å²) in [5.74, 6) is -1.03. The molecule has 0 aliphatic rings. The van der Waals surface area contributed by atoms with Crippen LogP contribution in [0.2, 0.25) is 5.02 Å². The number of aliphatic carboxylic acids is 1. The smallest absolute Gasteiger partial charge is 0.325 e. The summed E-state index contributed by atoms with van der Waals surface area (Å²) in [7, 11) is 0. The topological polar surface area (TPSA) is 68.2 Å². The highest BCUT2D eigenvalue weighted by Gasteiger charge is 2.21. The molecule has 1 atom stereocenters. The molecule has 5 heteroatoms. The number of rotatable bonds is 3. The molecule has 3 N–H and O–H groups in total. The Labute approximate surface area is 110 Å². The highest BCUT2D eigenvalue weighted by Crippen LogP contribution is 2.30. The molecule has 18 heavy (non-hydrogen) atoms. The summed E-state index contributed by atoms with van der Waals surface area (Å²) < 4.78 is 1.99. The monoisotopic (exact) mass is 266 g/mol. The van der Waals surface area contributed by atoms with Gasteiger partial charge in [0, 0.05) is 28.2 Å². The normalized spacial score (nSPS) is 13.2. The molecule has 4 nitrogen and oxygen atoms in total. The minimum absolute atomic E-state index is 0.209. The van der Waals surface area contributed by atoms with Gasteiger partial charge in [0.1, 0.15) is 6.04 Å². The van der Waals surface area contributed by atoms with E-state index in [1.165, 1.54) is 0 Å². The van der Waals surface area contributed by atoms with Crippen LogP contribution in [0.15, 0.2) is 24.4 Å². The van der Waals surface area contributed by atoms with Crippen molar-refractivity contribution in [3.8, 4) is 0 Å². The number of hydrogen-bond acceptors (Lipinski definition) is 2. The third-order valence-electron chi connectivity index (χ3n) is 2.98. The van der Waals surface area contributed by atoms with Gasteiger partial charge in [0.15, 0.2) is 0 Å². The number of halogens is 1.